The zero-order valence-corrected chi connectivity index (χ0v) is 28.7. The molecule has 0 spiro atoms. The average Bonchev–Trinajstić information content (AvgIpc) is 3.07. The fraction of sp³-hybridized carbons (Fsp3) is 0.486. The number of carbonyl (C=O) groups excluding carboxylic acids is 4. The van der Waals surface area contributed by atoms with Gasteiger partial charge in [0.15, 0.2) is 0 Å². The Hall–Kier alpha value is -4.82. The number of carbonyl (C=O) groups is 4. The first kappa shape index (κ1) is 40.4. The van der Waals surface area contributed by atoms with Gasteiger partial charge in [0.1, 0.15) is 51.1 Å². The molecule has 2 aromatic rings. The van der Waals surface area contributed by atoms with Crippen LogP contribution in [0.2, 0.25) is 0 Å². The number of benzene rings is 2. The van der Waals surface area contributed by atoms with E-state index in [1.807, 2.05) is 48.5 Å². The van der Waals surface area contributed by atoms with Gasteiger partial charge in [0.05, 0.1) is 26.4 Å². The molecule has 270 valence electrons. The second kappa shape index (κ2) is 22.7. The van der Waals surface area contributed by atoms with Gasteiger partial charge in [0, 0.05) is 31.0 Å². The summed E-state index contributed by atoms with van der Waals surface area (Å²) in [7, 11) is 0. The van der Waals surface area contributed by atoms with Gasteiger partial charge in [-0.05, 0) is 42.3 Å². The lowest BCUT2D eigenvalue weighted by molar-refractivity contribution is -0.142. The maximum Gasteiger partial charge on any atom is 0.407 e. The molecule has 0 saturated carbocycles. The van der Waals surface area contributed by atoms with Crippen molar-refractivity contribution in [3.05, 3.63) is 71.8 Å². The number of amides is 2. The van der Waals surface area contributed by atoms with Crippen LogP contribution in [0.5, 0.6) is 11.5 Å². The number of rotatable bonds is 23. The van der Waals surface area contributed by atoms with Crippen molar-refractivity contribution in [3.8, 4) is 11.5 Å². The van der Waals surface area contributed by atoms with Crippen LogP contribution in [-0.4, -0.2) is 103 Å². The molecule has 0 bridgehead atoms. The quantitative estimate of drug-likeness (QED) is 0.0749. The van der Waals surface area contributed by atoms with E-state index in [-0.39, 0.29) is 90.5 Å². The van der Waals surface area contributed by atoms with E-state index in [0.29, 0.717) is 17.1 Å². The number of hydrogen-bond donors (Lipinski definition) is 2. The molecule has 14 heteroatoms. The Morgan fingerprint density at radius 2 is 0.980 bits per heavy atom. The first-order valence-corrected chi connectivity index (χ1v) is 15.9. The summed E-state index contributed by atoms with van der Waals surface area (Å²) in [6.07, 6.45) is -1.16. The molecule has 0 aliphatic carbocycles. The van der Waals surface area contributed by atoms with Crippen LogP contribution in [0.3, 0.4) is 0 Å². The SMILES string of the molecule is C=C(C)C(=O)OCCOCCNC(=O)OCCOc1ccc(C(C)(C)c2ccc(OCCOC(=O)NCCOCCOC(C)=O)cc2)cc1. The van der Waals surface area contributed by atoms with Crippen molar-refractivity contribution in [1.29, 1.82) is 0 Å². The van der Waals surface area contributed by atoms with Crippen LogP contribution in [0.25, 0.3) is 0 Å². The molecule has 14 nitrogen and oxygen atoms in total. The number of ether oxygens (including phenoxy) is 8. The molecule has 0 fully saturated rings. The van der Waals surface area contributed by atoms with Gasteiger partial charge in [0.25, 0.3) is 0 Å². The topological polar surface area (TPSA) is 166 Å². The van der Waals surface area contributed by atoms with Crippen LogP contribution >= 0.6 is 0 Å². The standard InChI is InChI=1S/C35H48N2O12/c1-26(2)32(39)47-21-19-43-17-15-37-34(41)49-25-23-46-31-12-8-29(9-13-31)35(4,5)28-6-10-30(11-7-28)45-22-24-48-33(40)36-14-16-42-18-20-44-27(3)38/h6-13H,1,14-25H2,2-5H3,(H,36,40)(H,37,41). The minimum Gasteiger partial charge on any atom is -0.490 e. The minimum absolute atomic E-state index is 0.0707. The highest BCUT2D eigenvalue weighted by atomic mass is 16.6. The van der Waals surface area contributed by atoms with E-state index in [4.69, 9.17) is 37.9 Å². The van der Waals surface area contributed by atoms with Gasteiger partial charge in [-0.2, -0.15) is 0 Å². The maximum absolute atomic E-state index is 11.8. The monoisotopic (exact) mass is 688 g/mol. The van der Waals surface area contributed by atoms with E-state index < -0.39 is 18.2 Å². The third kappa shape index (κ3) is 17.2. The Bertz CT molecular complexity index is 1310. The molecule has 2 N–H and O–H groups in total. The summed E-state index contributed by atoms with van der Waals surface area (Å²) in [5.41, 5.74) is 2.18. The van der Waals surface area contributed by atoms with Crippen molar-refractivity contribution in [1.82, 2.24) is 10.6 Å². The van der Waals surface area contributed by atoms with Crippen LogP contribution in [0.4, 0.5) is 9.59 Å². The van der Waals surface area contributed by atoms with Gasteiger partial charge in [-0.25, -0.2) is 14.4 Å². The predicted molar refractivity (Wildman–Crippen MR) is 179 cm³/mol. The van der Waals surface area contributed by atoms with Gasteiger partial charge in [0.2, 0.25) is 0 Å². The van der Waals surface area contributed by atoms with E-state index in [1.54, 1.807) is 6.92 Å². The summed E-state index contributed by atoms with van der Waals surface area (Å²) in [5, 5.41) is 5.13. The first-order valence-electron chi connectivity index (χ1n) is 15.9. The molecular weight excluding hydrogens is 640 g/mol. The third-order valence-electron chi connectivity index (χ3n) is 6.70. The van der Waals surface area contributed by atoms with Gasteiger partial charge in [-0.1, -0.05) is 44.7 Å². The summed E-state index contributed by atoms with van der Waals surface area (Å²) in [5.74, 6) is 0.458. The van der Waals surface area contributed by atoms with Crippen molar-refractivity contribution in [2.45, 2.75) is 33.1 Å². The molecule has 0 aliphatic heterocycles. The van der Waals surface area contributed by atoms with Gasteiger partial charge >= 0.3 is 24.1 Å². The highest BCUT2D eigenvalue weighted by Gasteiger charge is 2.23. The van der Waals surface area contributed by atoms with Crippen LogP contribution in [0.1, 0.15) is 38.8 Å². The van der Waals surface area contributed by atoms with Crippen molar-refractivity contribution in [3.63, 3.8) is 0 Å². The molecule has 2 rings (SSSR count). The molecule has 0 atom stereocenters. The molecule has 0 heterocycles. The fourth-order valence-electron chi connectivity index (χ4n) is 4.01. The Labute approximate surface area is 287 Å². The Morgan fingerprint density at radius 3 is 1.39 bits per heavy atom. The van der Waals surface area contributed by atoms with Crippen LogP contribution in [0, 0.1) is 0 Å². The van der Waals surface area contributed by atoms with Gasteiger partial charge in [-0.3, -0.25) is 4.79 Å². The Balaban J connectivity index is 1.60. The van der Waals surface area contributed by atoms with E-state index in [1.165, 1.54) is 6.92 Å². The first-order chi connectivity index (χ1) is 23.5. The smallest absolute Gasteiger partial charge is 0.407 e. The summed E-state index contributed by atoms with van der Waals surface area (Å²) in [4.78, 5) is 45.5. The molecule has 0 radical (unpaired) electrons. The van der Waals surface area contributed by atoms with Crippen LogP contribution in [-0.2, 0) is 43.4 Å². The van der Waals surface area contributed by atoms with Crippen molar-refractivity contribution < 1.29 is 57.1 Å². The predicted octanol–water partition coefficient (Wildman–Crippen LogP) is 3.94. The normalized spacial score (nSPS) is 10.8. The number of esters is 2. The van der Waals surface area contributed by atoms with Gasteiger partial charge in [-0.15, -0.1) is 0 Å². The summed E-state index contributed by atoms with van der Waals surface area (Å²) < 4.78 is 41.8. The highest BCUT2D eigenvalue weighted by Crippen LogP contribution is 2.33. The Morgan fingerprint density at radius 1 is 0.571 bits per heavy atom. The molecular formula is C35H48N2O12. The molecule has 0 aromatic heterocycles. The number of hydrogen-bond acceptors (Lipinski definition) is 12. The van der Waals surface area contributed by atoms with Crippen molar-refractivity contribution in [2.75, 3.05) is 79.2 Å². The van der Waals surface area contributed by atoms with E-state index in [0.717, 1.165) is 11.1 Å². The molecule has 0 saturated heterocycles. The minimum atomic E-state index is -0.584. The third-order valence-corrected chi connectivity index (χ3v) is 6.70. The number of nitrogens with one attached hydrogen (secondary N) is 2. The summed E-state index contributed by atoms with van der Waals surface area (Å²) in [6.45, 7) is 12.9. The lowest BCUT2D eigenvalue weighted by Crippen LogP contribution is -2.29. The molecule has 49 heavy (non-hydrogen) atoms. The van der Waals surface area contributed by atoms with E-state index in [2.05, 4.69) is 31.1 Å². The van der Waals surface area contributed by atoms with E-state index in [9.17, 15) is 19.2 Å². The molecule has 2 amide bonds. The fourth-order valence-corrected chi connectivity index (χ4v) is 4.01. The molecule has 0 aliphatic rings. The molecule has 2 aromatic carbocycles. The molecule has 0 unspecified atom stereocenters. The van der Waals surface area contributed by atoms with Gasteiger partial charge < -0.3 is 48.5 Å². The Kier molecular flexibility index (Phi) is 18.7. The number of alkyl carbamates (subject to hydrolysis) is 2. The summed E-state index contributed by atoms with van der Waals surface area (Å²) in [6, 6.07) is 15.4. The van der Waals surface area contributed by atoms with Crippen molar-refractivity contribution >= 4 is 24.1 Å². The second-order valence-electron chi connectivity index (χ2n) is 11.0. The van der Waals surface area contributed by atoms with E-state index >= 15 is 0 Å². The zero-order valence-electron chi connectivity index (χ0n) is 28.7. The summed E-state index contributed by atoms with van der Waals surface area (Å²) >= 11 is 0. The second-order valence-corrected chi connectivity index (χ2v) is 11.0. The maximum atomic E-state index is 11.8. The average molecular weight is 689 g/mol. The lowest BCUT2D eigenvalue weighted by atomic mass is 9.78. The van der Waals surface area contributed by atoms with Crippen molar-refractivity contribution in [2.24, 2.45) is 0 Å². The zero-order chi connectivity index (χ0) is 35.9. The largest absolute Gasteiger partial charge is 0.490 e. The van der Waals surface area contributed by atoms with Crippen LogP contribution < -0.4 is 20.1 Å². The highest BCUT2D eigenvalue weighted by molar-refractivity contribution is 5.86. The van der Waals surface area contributed by atoms with Crippen LogP contribution in [0.15, 0.2) is 60.7 Å². The lowest BCUT2D eigenvalue weighted by Gasteiger charge is -2.26.